The summed E-state index contributed by atoms with van der Waals surface area (Å²) in [5.74, 6) is 0.838. The standard InChI is InChI=1S/C27H31BrN4O3/c1-6-13-34-25(33)23-17(2)31-26-29-16-30-32(26)24(23)21-14-20(28)11-12-22(21)35-15-18-7-9-19(10-8-18)27(3,4)5/h7-12,14,16,24H,6,13,15H2,1-5H3,(H,29,30,31). The van der Waals surface area contributed by atoms with Gasteiger partial charge >= 0.3 is 5.97 Å². The van der Waals surface area contributed by atoms with Crippen LogP contribution in [0.1, 0.15) is 63.8 Å². The van der Waals surface area contributed by atoms with Crippen molar-refractivity contribution in [2.24, 2.45) is 0 Å². The lowest BCUT2D eigenvalue weighted by atomic mass is 9.87. The summed E-state index contributed by atoms with van der Waals surface area (Å²) in [4.78, 5) is 17.5. The van der Waals surface area contributed by atoms with Crippen LogP contribution >= 0.6 is 15.9 Å². The van der Waals surface area contributed by atoms with E-state index >= 15 is 0 Å². The number of anilines is 1. The van der Waals surface area contributed by atoms with E-state index in [1.165, 1.54) is 11.9 Å². The molecule has 4 rings (SSSR count). The number of benzene rings is 2. The number of carbonyl (C=O) groups is 1. The molecule has 1 aliphatic rings. The van der Waals surface area contributed by atoms with E-state index in [9.17, 15) is 4.79 Å². The van der Waals surface area contributed by atoms with E-state index in [2.05, 4.69) is 76.4 Å². The lowest BCUT2D eigenvalue weighted by molar-refractivity contribution is -0.139. The molecule has 2 heterocycles. The van der Waals surface area contributed by atoms with Crippen LogP contribution in [-0.4, -0.2) is 27.3 Å². The number of esters is 1. The molecule has 0 saturated heterocycles. The van der Waals surface area contributed by atoms with E-state index in [4.69, 9.17) is 9.47 Å². The van der Waals surface area contributed by atoms with E-state index < -0.39 is 6.04 Å². The van der Waals surface area contributed by atoms with Crippen LogP contribution in [0.25, 0.3) is 0 Å². The van der Waals surface area contributed by atoms with Gasteiger partial charge in [-0.15, -0.1) is 0 Å². The molecule has 184 valence electrons. The van der Waals surface area contributed by atoms with E-state index in [0.717, 1.165) is 22.0 Å². The predicted molar refractivity (Wildman–Crippen MR) is 139 cm³/mol. The molecule has 0 fully saturated rings. The lowest BCUT2D eigenvalue weighted by Gasteiger charge is -2.29. The first kappa shape index (κ1) is 25.0. The van der Waals surface area contributed by atoms with E-state index in [-0.39, 0.29) is 11.4 Å². The summed E-state index contributed by atoms with van der Waals surface area (Å²) in [6, 6.07) is 13.7. The van der Waals surface area contributed by atoms with E-state index in [0.29, 0.717) is 36.2 Å². The Bertz CT molecular complexity index is 1240. The summed E-state index contributed by atoms with van der Waals surface area (Å²) in [5.41, 5.74) is 4.38. The van der Waals surface area contributed by atoms with Crippen molar-refractivity contribution in [3.63, 3.8) is 0 Å². The summed E-state index contributed by atoms with van der Waals surface area (Å²) < 4.78 is 14.4. The van der Waals surface area contributed by atoms with Crippen LogP contribution in [0.5, 0.6) is 5.75 Å². The predicted octanol–water partition coefficient (Wildman–Crippen LogP) is 6.16. The number of aromatic nitrogens is 3. The zero-order valence-corrected chi connectivity index (χ0v) is 22.3. The number of fused-ring (bicyclic) bond motifs is 1. The van der Waals surface area contributed by atoms with Gasteiger partial charge in [-0.05, 0) is 48.1 Å². The molecule has 1 aromatic heterocycles. The second kappa shape index (κ2) is 10.2. The SMILES string of the molecule is CCCOC(=O)C1=C(C)Nc2ncnn2C1c1cc(Br)ccc1OCc1ccc(C(C)(C)C)cc1. The molecule has 35 heavy (non-hydrogen) atoms. The average Bonchev–Trinajstić information content (AvgIpc) is 3.28. The Hall–Kier alpha value is -3.13. The molecule has 1 atom stereocenters. The summed E-state index contributed by atoms with van der Waals surface area (Å²) in [7, 11) is 0. The molecule has 0 bridgehead atoms. The Morgan fingerprint density at radius 2 is 1.91 bits per heavy atom. The normalized spacial score (nSPS) is 15.4. The number of nitrogens with one attached hydrogen (secondary N) is 1. The maximum absolute atomic E-state index is 13.1. The van der Waals surface area contributed by atoms with Crippen molar-refractivity contribution in [3.8, 4) is 5.75 Å². The first-order valence-corrected chi connectivity index (χ1v) is 12.5. The Morgan fingerprint density at radius 3 is 2.60 bits per heavy atom. The molecule has 1 aliphatic heterocycles. The third-order valence-corrected chi connectivity index (χ3v) is 6.43. The molecular weight excluding hydrogens is 508 g/mol. The number of ether oxygens (including phenoxy) is 2. The number of halogens is 1. The first-order chi connectivity index (χ1) is 16.7. The molecule has 0 spiro atoms. The Kier molecular flexibility index (Phi) is 7.31. The minimum atomic E-state index is -0.547. The smallest absolute Gasteiger partial charge is 0.338 e. The molecule has 0 amide bonds. The largest absolute Gasteiger partial charge is 0.489 e. The maximum atomic E-state index is 13.1. The highest BCUT2D eigenvalue weighted by Gasteiger charge is 2.36. The molecule has 7 nitrogen and oxygen atoms in total. The fourth-order valence-electron chi connectivity index (χ4n) is 4.04. The first-order valence-electron chi connectivity index (χ1n) is 11.7. The minimum Gasteiger partial charge on any atom is -0.489 e. The van der Waals surface area contributed by atoms with Crippen molar-refractivity contribution in [2.45, 2.75) is 59.1 Å². The van der Waals surface area contributed by atoms with Crippen LogP contribution < -0.4 is 10.1 Å². The highest BCUT2D eigenvalue weighted by Crippen LogP contribution is 2.40. The molecule has 2 aromatic carbocycles. The van der Waals surface area contributed by atoms with Gasteiger partial charge in [0.2, 0.25) is 5.95 Å². The number of hydrogen-bond donors (Lipinski definition) is 1. The van der Waals surface area contributed by atoms with Gasteiger partial charge < -0.3 is 14.8 Å². The Balaban J connectivity index is 1.69. The fourth-order valence-corrected chi connectivity index (χ4v) is 4.42. The number of allylic oxidation sites excluding steroid dienone is 1. The molecule has 0 saturated carbocycles. The van der Waals surface area contributed by atoms with Gasteiger partial charge in [-0.3, -0.25) is 0 Å². The zero-order valence-electron chi connectivity index (χ0n) is 20.8. The number of carbonyl (C=O) groups excluding carboxylic acids is 1. The van der Waals surface area contributed by atoms with Crippen molar-refractivity contribution in [1.82, 2.24) is 14.8 Å². The van der Waals surface area contributed by atoms with Gasteiger partial charge in [0, 0.05) is 15.7 Å². The maximum Gasteiger partial charge on any atom is 0.338 e. The van der Waals surface area contributed by atoms with Crippen LogP contribution in [0.2, 0.25) is 0 Å². The molecule has 0 aliphatic carbocycles. The van der Waals surface area contributed by atoms with Crippen molar-refractivity contribution in [2.75, 3.05) is 11.9 Å². The van der Waals surface area contributed by atoms with E-state index in [1.807, 2.05) is 32.0 Å². The van der Waals surface area contributed by atoms with Gasteiger partial charge in [-0.1, -0.05) is 67.9 Å². The highest BCUT2D eigenvalue weighted by atomic mass is 79.9. The minimum absolute atomic E-state index is 0.0930. The quantitative estimate of drug-likeness (QED) is 0.363. The van der Waals surface area contributed by atoms with Gasteiger partial charge in [0.15, 0.2) is 0 Å². The Morgan fingerprint density at radius 1 is 1.17 bits per heavy atom. The molecule has 3 aromatic rings. The second-order valence-corrected chi connectivity index (χ2v) is 10.6. The third-order valence-electron chi connectivity index (χ3n) is 5.93. The molecule has 8 heteroatoms. The van der Waals surface area contributed by atoms with Crippen LogP contribution in [0.3, 0.4) is 0 Å². The summed E-state index contributed by atoms with van der Waals surface area (Å²) in [5, 5.41) is 7.59. The van der Waals surface area contributed by atoms with Gasteiger partial charge in [0.1, 0.15) is 24.7 Å². The number of hydrogen-bond acceptors (Lipinski definition) is 6. The summed E-state index contributed by atoms with van der Waals surface area (Å²) >= 11 is 3.58. The highest BCUT2D eigenvalue weighted by molar-refractivity contribution is 9.10. The zero-order chi connectivity index (χ0) is 25.2. The van der Waals surface area contributed by atoms with Gasteiger partial charge in [-0.2, -0.15) is 10.1 Å². The van der Waals surface area contributed by atoms with Crippen molar-refractivity contribution >= 4 is 27.8 Å². The molecular formula is C27H31BrN4O3. The second-order valence-electron chi connectivity index (χ2n) is 9.65. The Labute approximate surface area is 214 Å². The summed E-state index contributed by atoms with van der Waals surface area (Å²) in [6.07, 6.45) is 2.21. The molecule has 0 radical (unpaired) electrons. The lowest BCUT2D eigenvalue weighted by Crippen LogP contribution is -2.30. The van der Waals surface area contributed by atoms with Crippen molar-refractivity contribution in [1.29, 1.82) is 0 Å². The van der Waals surface area contributed by atoms with E-state index in [1.54, 1.807) is 4.68 Å². The average molecular weight is 539 g/mol. The topological polar surface area (TPSA) is 78.3 Å². The van der Waals surface area contributed by atoms with Crippen LogP contribution in [0.4, 0.5) is 5.95 Å². The number of nitrogens with zero attached hydrogens (tertiary/aromatic N) is 3. The van der Waals surface area contributed by atoms with Gasteiger partial charge in [-0.25, -0.2) is 9.48 Å². The van der Waals surface area contributed by atoms with Crippen molar-refractivity contribution in [3.05, 3.63) is 81.2 Å². The third kappa shape index (κ3) is 5.42. The fraction of sp³-hybridized carbons (Fsp3) is 0.370. The monoisotopic (exact) mass is 538 g/mol. The number of rotatable bonds is 7. The van der Waals surface area contributed by atoms with Crippen LogP contribution in [0.15, 0.2) is 64.5 Å². The molecule has 1 unspecified atom stereocenters. The summed E-state index contributed by atoms with van der Waals surface area (Å²) in [6.45, 7) is 11.2. The molecule has 1 N–H and O–H groups in total. The van der Waals surface area contributed by atoms with Crippen molar-refractivity contribution < 1.29 is 14.3 Å². The van der Waals surface area contributed by atoms with Crippen LogP contribution in [0, 0.1) is 0 Å². The van der Waals surface area contributed by atoms with Crippen LogP contribution in [-0.2, 0) is 21.6 Å². The van der Waals surface area contributed by atoms with Gasteiger partial charge in [0.25, 0.3) is 0 Å². The van der Waals surface area contributed by atoms with Gasteiger partial charge in [0.05, 0.1) is 12.2 Å².